The molecule has 2 unspecified atom stereocenters. The number of anilines is 1. The molecular formula is C26H28N4O5S. The number of fused-ring (bicyclic) bond motifs is 2. The number of benzene rings is 2. The normalized spacial score (nSPS) is 17.8. The van der Waals surface area contributed by atoms with Gasteiger partial charge in [-0.2, -0.15) is 0 Å². The summed E-state index contributed by atoms with van der Waals surface area (Å²) in [4.78, 5) is 41.6. The van der Waals surface area contributed by atoms with Crippen LogP contribution in [0.15, 0.2) is 63.0 Å². The lowest BCUT2D eigenvalue weighted by Crippen LogP contribution is -2.37. The number of nitrogens with zero attached hydrogens (tertiary/aromatic N) is 3. The number of aliphatic hydroxyl groups is 1. The Morgan fingerprint density at radius 3 is 2.53 bits per heavy atom. The van der Waals surface area contributed by atoms with Gasteiger partial charge in [0.25, 0.3) is 11.5 Å². The maximum absolute atomic E-state index is 13.1. The van der Waals surface area contributed by atoms with E-state index in [1.54, 1.807) is 64.5 Å². The van der Waals surface area contributed by atoms with E-state index in [1.165, 1.54) is 4.90 Å². The predicted octanol–water partition coefficient (Wildman–Crippen LogP) is 2.11. The number of aliphatic hydroxyl groups excluding tert-OH is 1. The summed E-state index contributed by atoms with van der Waals surface area (Å²) >= 11 is 0. The summed E-state index contributed by atoms with van der Waals surface area (Å²) in [6.07, 6.45) is 2.86. The second-order valence-corrected chi connectivity index (χ2v) is 10.7. The maximum Gasteiger partial charge on any atom is 0.328 e. The number of rotatable bonds is 7. The van der Waals surface area contributed by atoms with E-state index in [1.807, 2.05) is 0 Å². The van der Waals surface area contributed by atoms with Gasteiger partial charge in [0.05, 0.1) is 4.90 Å². The van der Waals surface area contributed by atoms with Crippen LogP contribution in [-0.4, -0.2) is 42.7 Å². The minimum absolute atomic E-state index is 0.274. The topological polar surface area (TPSA) is 116 Å². The molecule has 1 amide bonds. The van der Waals surface area contributed by atoms with Gasteiger partial charge in [0, 0.05) is 48.2 Å². The average Bonchev–Trinajstić information content (AvgIpc) is 3.15. The Morgan fingerprint density at radius 1 is 1.06 bits per heavy atom. The molecule has 0 saturated heterocycles. The zero-order valence-electron chi connectivity index (χ0n) is 20.0. The van der Waals surface area contributed by atoms with Crippen LogP contribution in [0, 0.1) is 0 Å². The van der Waals surface area contributed by atoms with Gasteiger partial charge in [0.2, 0.25) is 0 Å². The molecule has 0 radical (unpaired) electrons. The number of H-pyrrole nitrogens is 1. The Hall–Kier alpha value is -3.34. The van der Waals surface area contributed by atoms with E-state index in [0.717, 1.165) is 25.0 Å². The summed E-state index contributed by atoms with van der Waals surface area (Å²) < 4.78 is 16.4. The number of carbonyl (C=O) groups excluding carboxylic acids is 1. The monoisotopic (exact) mass is 508 g/mol. The van der Waals surface area contributed by atoms with Gasteiger partial charge < -0.3 is 5.11 Å². The second kappa shape index (κ2) is 9.96. The minimum Gasteiger partial charge on any atom is -0.369 e. The molecule has 2 atom stereocenters. The first kappa shape index (κ1) is 24.4. The van der Waals surface area contributed by atoms with Crippen LogP contribution in [0.25, 0.3) is 0 Å². The van der Waals surface area contributed by atoms with Crippen LogP contribution in [0.3, 0.4) is 0 Å². The summed E-state index contributed by atoms with van der Waals surface area (Å²) in [5, 5.41) is 10.6. The molecule has 1 aliphatic heterocycles. The molecule has 1 aliphatic carbocycles. The van der Waals surface area contributed by atoms with Crippen molar-refractivity contribution in [3.8, 4) is 0 Å². The van der Waals surface area contributed by atoms with Crippen molar-refractivity contribution in [1.82, 2.24) is 13.9 Å². The Labute approximate surface area is 210 Å². The van der Waals surface area contributed by atoms with Crippen LogP contribution in [0.5, 0.6) is 0 Å². The molecule has 5 rings (SSSR count). The Bertz CT molecular complexity index is 1450. The van der Waals surface area contributed by atoms with E-state index >= 15 is 0 Å². The molecular weight excluding hydrogens is 480 g/mol. The molecule has 0 saturated carbocycles. The molecule has 188 valence electrons. The summed E-state index contributed by atoms with van der Waals surface area (Å²) in [5.74, 6) is -0.274. The quantitative estimate of drug-likeness (QED) is 0.507. The van der Waals surface area contributed by atoms with E-state index in [0.29, 0.717) is 53.2 Å². The molecule has 1 aromatic heterocycles. The minimum atomic E-state index is -1.44. The molecule has 10 heteroatoms. The van der Waals surface area contributed by atoms with Crippen molar-refractivity contribution in [2.24, 2.45) is 0 Å². The SMILES string of the molecule is CN(CCCn1c2c(c(=O)[nH]c1=O)CCCC2)S(=O)c1ccc(N2C(=O)c3ccccc3C2O)cc1. The van der Waals surface area contributed by atoms with Gasteiger partial charge in [0.1, 0.15) is 11.0 Å². The second-order valence-electron chi connectivity index (χ2n) is 9.13. The number of amides is 1. The summed E-state index contributed by atoms with van der Waals surface area (Å²) in [7, 11) is 0.307. The zero-order chi connectivity index (χ0) is 25.4. The summed E-state index contributed by atoms with van der Waals surface area (Å²) in [5.41, 5.74) is 2.44. The third-order valence-electron chi connectivity index (χ3n) is 6.89. The van der Waals surface area contributed by atoms with E-state index in [4.69, 9.17) is 0 Å². The molecule has 9 nitrogen and oxygen atoms in total. The van der Waals surface area contributed by atoms with Gasteiger partial charge in [0.15, 0.2) is 6.23 Å². The van der Waals surface area contributed by atoms with Crippen LogP contribution in [0.1, 0.15) is 52.7 Å². The standard InChI is InChI=1S/C26H28N4O5S/c1-28(15-6-16-29-22-10-5-4-9-21(22)23(31)27-26(29)34)36(35)18-13-11-17(12-14-18)30-24(32)19-7-2-3-8-20(19)25(30)33/h2-3,7-8,11-14,24,32H,4-6,9-10,15-16H2,1H3,(H,27,31,34). The fourth-order valence-electron chi connectivity index (χ4n) is 5.02. The highest BCUT2D eigenvalue weighted by Crippen LogP contribution is 2.35. The van der Waals surface area contributed by atoms with E-state index in [-0.39, 0.29) is 17.2 Å². The van der Waals surface area contributed by atoms with Gasteiger partial charge in [-0.05, 0) is 62.4 Å². The van der Waals surface area contributed by atoms with Crippen LogP contribution in [-0.2, 0) is 30.4 Å². The maximum atomic E-state index is 13.1. The average molecular weight is 509 g/mol. The van der Waals surface area contributed by atoms with E-state index in [9.17, 15) is 23.7 Å². The van der Waals surface area contributed by atoms with Gasteiger partial charge in [-0.1, -0.05) is 18.2 Å². The Balaban J connectivity index is 1.23. The lowest BCUT2D eigenvalue weighted by molar-refractivity contribution is 0.0935. The Morgan fingerprint density at radius 2 is 1.78 bits per heavy atom. The van der Waals surface area contributed by atoms with Crippen LogP contribution in [0.4, 0.5) is 5.69 Å². The van der Waals surface area contributed by atoms with Crippen molar-refractivity contribution in [2.75, 3.05) is 18.5 Å². The highest BCUT2D eigenvalue weighted by atomic mass is 32.2. The molecule has 2 aliphatic rings. The van der Waals surface area contributed by atoms with Gasteiger partial charge in [-0.3, -0.25) is 24.0 Å². The van der Waals surface area contributed by atoms with Gasteiger partial charge in [-0.25, -0.2) is 13.3 Å². The summed E-state index contributed by atoms with van der Waals surface area (Å²) in [6.45, 7) is 0.918. The molecule has 2 N–H and O–H groups in total. The molecule has 0 spiro atoms. The molecule has 0 fully saturated rings. The third-order valence-corrected chi connectivity index (χ3v) is 8.32. The van der Waals surface area contributed by atoms with Gasteiger partial charge in [-0.15, -0.1) is 0 Å². The van der Waals surface area contributed by atoms with E-state index in [2.05, 4.69) is 4.98 Å². The molecule has 36 heavy (non-hydrogen) atoms. The van der Waals surface area contributed by atoms with Crippen molar-refractivity contribution < 1.29 is 14.1 Å². The lowest BCUT2D eigenvalue weighted by Gasteiger charge is -2.22. The smallest absolute Gasteiger partial charge is 0.328 e. The van der Waals surface area contributed by atoms with Crippen molar-refractivity contribution in [3.63, 3.8) is 0 Å². The molecule has 0 bridgehead atoms. The van der Waals surface area contributed by atoms with Crippen molar-refractivity contribution in [2.45, 2.75) is 49.8 Å². The number of hydrogen-bond donors (Lipinski definition) is 2. The number of carbonyl (C=O) groups is 1. The van der Waals surface area contributed by atoms with E-state index < -0.39 is 17.2 Å². The first-order valence-electron chi connectivity index (χ1n) is 12.1. The highest BCUT2D eigenvalue weighted by molar-refractivity contribution is 7.82. The fourth-order valence-corrected chi connectivity index (χ4v) is 6.05. The number of aromatic nitrogens is 2. The molecule has 2 heterocycles. The van der Waals surface area contributed by atoms with Crippen molar-refractivity contribution >= 4 is 22.6 Å². The van der Waals surface area contributed by atoms with Crippen LogP contribution >= 0.6 is 0 Å². The van der Waals surface area contributed by atoms with Crippen LogP contribution < -0.4 is 16.1 Å². The molecule has 2 aromatic carbocycles. The molecule has 3 aromatic rings. The zero-order valence-corrected chi connectivity index (χ0v) is 20.8. The van der Waals surface area contributed by atoms with Crippen molar-refractivity contribution in [3.05, 3.63) is 91.8 Å². The van der Waals surface area contributed by atoms with Crippen molar-refractivity contribution in [1.29, 1.82) is 0 Å². The number of aromatic amines is 1. The van der Waals surface area contributed by atoms with Gasteiger partial charge >= 0.3 is 5.69 Å². The Kier molecular flexibility index (Phi) is 6.74. The third kappa shape index (κ3) is 4.36. The first-order chi connectivity index (χ1) is 17.4. The largest absolute Gasteiger partial charge is 0.369 e. The predicted molar refractivity (Wildman–Crippen MR) is 136 cm³/mol. The van der Waals surface area contributed by atoms with Crippen LogP contribution in [0.2, 0.25) is 0 Å². The highest BCUT2D eigenvalue weighted by Gasteiger charge is 2.36. The summed E-state index contributed by atoms with van der Waals surface area (Å²) in [6, 6.07) is 13.7. The first-order valence-corrected chi connectivity index (χ1v) is 13.2. The fraction of sp³-hybridized carbons (Fsp3) is 0.346. The lowest BCUT2D eigenvalue weighted by atomic mass is 9.97. The number of nitrogens with one attached hydrogen (secondary N) is 1. The number of hydrogen-bond acceptors (Lipinski definition) is 5.